The largest absolute Gasteiger partial charge is 0.502 e. The summed E-state index contributed by atoms with van der Waals surface area (Å²) in [4.78, 5) is 55.3. The number of fused-ring (bicyclic) bond motifs is 3. The van der Waals surface area contributed by atoms with Gasteiger partial charge in [0.25, 0.3) is 0 Å². The lowest BCUT2D eigenvalue weighted by atomic mass is 9.61. The van der Waals surface area contributed by atoms with Gasteiger partial charge in [-0.3, -0.25) is 24.1 Å². The number of benzene rings is 2. The van der Waals surface area contributed by atoms with Crippen molar-refractivity contribution in [2.45, 2.75) is 12.8 Å². The lowest BCUT2D eigenvalue weighted by Gasteiger charge is -2.41. The predicted octanol–water partition coefficient (Wildman–Crippen LogP) is 4.92. The van der Waals surface area contributed by atoms with Crippen LogP contribution in [-0.4, -0.2) is 42.7 Å². The van der Waals surface area contributed by atoms with Crippen LogP contribution in [0.2, 0.25) is 0 Å². The molecule has 2 aromatic carbocycles. The summed E-state index contributed by atoms with van der Waals surface area (Å²) in [5.74, 6) is -2.98. The van der Waals surface area contributed by atoms with Gasteiger partial charge in [0.15, 0.2) is 23.1 Å². The molecule has 6 rings (SSSR count). The number of halogens is 1. The number of amides is 2. The molecule has 0 radical (unpaired) electrons. The van der Waals surface area contributed by atoms with E-state index in [4.69, 9.17) is 9.47 Å². The van der Waals surface area contributed by atoms with Gasteiger partial charge in [0.2, 0.25) is 17.6 Å². The number of carbonyl (C=O) groups excluding carboxylic acids is 4. The third kappa shape index (κ3) is 4.26. The third-order valence-corrected chi connectivity index (χ3v) is 8.97. The van der Waals surface area contributed by atoms with Gasteiger partial charge in [0.1, 0.15) is 0 Å². The maximum Gasteiger partial charge on any atom is 0.238 e. The number of Topliss-reactive ketones (excluding diaryl/α,β-unsaturated/α-hetero) is 1. The van der Waals surface area contributed by atoms with Crippen LogP contribution < -0.4 is 14.4 Å². The van der Waals surface area contributed by atoms with Crippen LogP contribution in [0.25, 0.3) is 6.08 Å². The lowest BCUT2D eigenvalue weighted by molar-refractivity contribution is -0.123. The van der Waals surface area contributed by atoms with E-state index in [1.165, 1.54) is 25.2 Å². The molecule has 3 aliphatic carbocycles. The molecule has 8 nitrogen and oxygen atoms in total. The Balaban J connectivity index is 1.44. The van der Waals surface area contributed by atoms with Gasteiger partial charge >= 0.3 is 0 Å². The van der Waals surface area contributed by atoms with Crippen molar-refractivity contribution in [1.29, 1.82) is 0 Å². The van der Waals surface area contributed by atoms with E-state index in [-0.39, 0.29) is 51.5 Å². The first-order valence-corrected chi connectivity index (χ1v) is 14.0. The molecular weight excluding hydrogens is 590 g/mol. The second-order valence-electron chi connectivity index (χ2n) is 10.4. The van der Waals surface area contributed by atoms with Crippen LogP contribution in [0, 0.1) is 23.7 Å². The molecule has 4 unspecified atom stereocenters. The fourth-order valence-electron chi connectivity index (χ4n) is 6.53. The molecule has 1 heterocycles. The van der Waals surface area contributed by atoms with E-state index >= 15 is 0 Å². The molecule has 0 bridgehead atoms. The Morgan fingerprint density at radius 3 is 2.32 bits per heavy atom. The summed E-state index contributed by atoms with van der Waals surface area (Å²) >= 11 is 3.24. The van der Waals surface area contributed by atoms with E-state index in [1.807, 2.05) is 18.2 Å². The molecule has 41 heavy (non-hydrogen) atoms. The van der Waals surface area contributed by atoms with Crippen molar-refractivity contribution in [3.8, 4) is 17.2 Å². The highest BCUT2D eigenvalue weighted by Crippen LogP contribution is 2.53. The Hall–Kier alpha value is -4.24. The molecule has 4 aliphatic rings. The van der Waals surface area contributed by atoms with Crippen LogP contribution in [0.1, 0.15) is 18.4 Å². The minimum atomic E-state index is -0.644. The van der Waals surface area contributed by atoms with E-state index in [0.717, 1.165) is 5.57 Å². The maximum atomic E-state index is 13.9. The second kappa shape index (κ2) is 10.3. The van der Waals surface area contributed by atoms with Crippen LogP contribution in [-0.2, 0) is 19.2 Å². The predicted molar refractivity (Wildman–Crippen MR) is 155 cm³/mol. The Kier molecular flexibility index (Phi) is 6.77. The standard InChI is InChI=1S/C32H26BrNO7/c1-40-25-12-16(13-26(41-2)30(25)37)8-9-19-18-10-11-20-28(32(39)34(31(20)38)17-6-4-3-5-7-17)21(18)14-22-27(19)24(35)15-23(33)29(22)36/h3-10,12-13,15,19-21,28,37H,11,14H2,1-2H3. The van der Waals surface area contributed by atoms with Crippen molar-refractivity contribution in [3.05, 3.63) is 87.5 Å². The molecule has 1 aliphatic heterocycles. The van der Waals surface area contributed by atoms with Gasteiger partial charge in [-0.25, -0.2) is 0 Å². The second-order valence-corrected chi connectivity index (χ2v) is 11.3. The van der Waals surface area contributed by atoms with Crippen molar-refractivity contribution in [3.63, 3.8) is 0 Å². The summed E-state index contributed by atoms with van der Waals surface area (Å²) in [6.45, 7) is 0. The number of ketones is 2. The van der Waals surface area contributed by atoms with Gasteiger partial charge < -0.3 is 14.6 Å². The summed E-state index contributed by atoms with van der Waals surface area (Å²) in [5.41, 5.74) is 2.76. The van der Waals surface area contributed by atoms with Crippen molar-refractivity contribution < 1.29 is 33.8 Å². The van der Waals surface area contributed by atoms with E-state index in [1.54, 1.807) is 42.5 Å². The van der Waals surface area contributed by atoms with Crippen LogP contribution in [0.15, 0.2) is 81.9 Å². The molecular formula is C32H26BrNO7. The first-order valence-electron chi connectivity index (χ1n) is 13.2. The van der Waals surface area contributed by atoms with Crippen LogP contribution in [0.3, 0.4) is 0 Å². The number of hydrogen-bond acceptors (Lipinski definition) is 7. The highest BCUT2D eigenvalue weighted by Gasteiger charge is 2.56. The zero-order chi connectivity index (χ0) is 29.0. The number of allylic oxidation sites excluding steroid dienone is 7. The van der Waals surface area contributed by atoms with Gasteiger partial charge in [-0.15, -0.1) is 0 Å². The van der Waals surface area contributed by atoms with E-state index in [9.17, 15) is 24.3 Å². The number of hydrogen-bond donors (Lipinski definition) is 1. The molecule has 2 amide bonds. The number of rotatable bonds is 5. The smallest absolute Gasteiger partial charge is 0.238 e. The number of nitrogens with zero attached hydrogens (tertiary/aromatic N) is 1. The molecule has 208 valence electrons. The highest BCUT2D eigenvalue weighted by atomic mass is 79.9. The van der Waals surface area contributed by atoms with Gasteiger partial charge in [-0.05, 0) is 64.5 Å². The number of carbonyl (C=O) groups is 4. The van der Waals surface area contributed by atoms with E-state index in [2.05, 4.69) is 15.9 Å². The summed E-state index contributed by atoms with van der Waals surface area (Å²) in [6.07, 6.45) is 7.42. The van der Waals surface area contributed by atoms with Crippen LogP contribution >= 0.6 is 15.9 Å². The molecule has 1 N–H and O–H groups in total. The summed E-state index contributed by atoms with van der Waals surface area (Å²) in [6, 6.07) is 12.1. The van der Waals surface area contributed by atoms with Crippen molar-refractivity contribution in [1.82, 2.24) is 0 Å². The molecule has 4 atom stereocenters. The average Bonchev–Trinajstić information content (AvgIpc) is 3.24. The molecule has 9 heteroatoms. The number of imide groups is 1. The number of anilines is 1. The molecule has 2 aromatic rings. The minimum Gasteiger partial charge on any atom is -0.502 e. The summed E-state index contributed by atoms with van der Waals surface area (Å²) in [7, 11) is 2.87. The number of para-hydroxylation sites is 1. The molecule has 1 saturated heterocycles. The number of phenols is 1. The fourth-order valence-corrected chi connectivity index (χ4v) is 6.98. The zero-order valence-corrected chi connectivity index (χ0v) is 23.9. The first-order chi connectivity index (χ1) is 19.7. The minimum absolute atomic E-state index is 0.133. The number of phenolic OH excluding ortho intramolecular Hbond substituents is 1. The summed E-state index contributed by atoms with van der Waals surface area (Å²) < 4.78 is 10.7. The SMILES string of the molecule is COc1cc(C=CC2C3=CCC4C(=O)N(c5ccccc5)C(=O)C4C3CC3=C2C(=O)C=C(Br)C3=O)cc(OC)c1O. The Morgan fingerprint density at radius 1 is 0.976 bits per heavy atom. The van der Waals surface area contributed by atoms with Gasteiger partial charge in [0, 0.05) is 23.1 Å². The van der Waals surface area contributed by atoms with Crippen molar-refractivity contribution >= 4 is 51.1 Å². The van der Waals surface area contributed by atoms with Crippen molar-refractivity contribution in [2.75, 3.05) is 19.1 Å². The monoisotopic (exact) mass is 615 g/mol. The van der Waals surface area contributed by atoms with Gasteiger partial charge in [0.05, 0.1) is 36.2 Å². The molecule has 0 saturated carbocycles. The normalized spacial score (nSPS) is 25.6. The summed E-state index contributed by atoms with van der Waals surface area (Å²) in [5, 5.41) is 10.3. The number of ether oxygens (including phenoxy) is 2. The fraction of sp³-hybridized carbons (Fsp3) is 0.250. The van der Waals surface area contributed by atoms with Gasteiger partial charge in [-0.1, -0.05) is 42.0 Å². The van der Waals surface area contributed by atoms with Crippen molar-refractivity contribution in [2.24, 2.45) is 23.7 Å². The number of methoxy groups -OCH3 is 2. The molecule has 0 aromatic heterocycles. The van der Waals surface area contributed by atoms with Crippen LogP contribution in [0.5, 0.6) is 17.2 Å². The average molecular weight is 616 g/mol. The Labute approximate surface area is 244 Å². The Bertz CT molecular complexity index is 1610. The quantitative estimate of drug-likeness (QED) is 0.289. The third-order valence-electron chi connectivity index (χ3n) is 8.38. The van der Waals surface area contributed by atoms with E-state index < -0.39 is 23.7 Å². The molecule has 1 fully saturated rings. The zero-order valence-electron chi connectivity index (χ0n) is 22.3. The molecule has 0 spiro atoms. The maximum absolute atomic E-state index is 13.9. The van der Waals surface area contributed by atoms with E-state index in [0.29, 0.717) is 28.8 Å². The topological polar surface area (TPSA) is 110 Å². The van der Waals surface area contributed by atoms with Gasteiger partial charge in [-0.2, -0.15) is 0 Å². The first kappa shape index (κ1) is 27.0. The van der Waals surface area contributed by atoms with Crippen LogP contribution in [0.4, 0.5) is 5.69 Å². The number of aromatic hydroxyl groups is 1. The highest BCUT2D eigenvalue weighted by molar-refractivity contribution is 9.12. The Morgan fingerprint density at radius 2 is 1.66 bits per heavy atom. The lowest BCUT2D eigenvalue weighted by Crippen LogP contribution is -2.40.